The molecule has 0 aromatic carbocycles. The van der Waals surface area contributed by atoms with Crippen molar-refractivity contribution in [2.45, 2.75) is 38.4 Å². The minimum atomic E-state index is -0.194. The van der Waals surface area contributed by atoms with Crippen molar-refractivity contribution < 1.29 is 19.4 Å². The van der Waals surface area contributed by atoms with Crippen LogP contribution in [0.15, 0.2) is 0 Å². The van der Waals surface area contributed by atoms with Gasteiger partial charge in [0.1, 0.15) is 6.10 Å². The Labute approximate surface area is 77.8 Å². The number of cyclic esters (lactones) is 1. The fraction of sp³-hybridized carbons (Fsp3) is 0.889. The van der Waals surface area contributed by atoms with Crippen LogP contribution in [0.2, 0.25) is 0 Å². The number of hydrogen-bond acceptors (Lipinski definition) is 4. The SMILES string of the molecule is CC1CC(CO)OCCCC(=O)O1. The van der Waals surface area contributed by atoms with Gasteiger partial charge in [-0.1, -0.05) is 0 Å². The first kappa shape index (κ1) is 10.5. The molecule has 1 aliphatic rings. The summed E-state index contributed by atoms with van der Waals surface area (Å²) in [6.45, 7) is 2.32. The van der Waals surface area contributed by atoms with Gasteiger partial charge in [0.05, 0.1) is 12.7 Å². The topological polar surface area (TPSA) is 55.8 Å². The molecule has 0 spiro atoms. The third kappa shape index (κ3) is 3.74. The zero-order chi connectivity index (χ0) is 9.68. The maximum Gasteiger partial charge on any atom is 0.306 e. The molecule has 76 valence electrons. The molecule has 4 nitrogen and oxygen atoms in total. The van der Waals surface area contributed by atoms with Crippen molar-refractivity contribution in [2.75, 3.05) is 13.2 Å². The van der Waals surface area contributed by atoms with E-state index in [0.717, 1.165) is 0 Å². The Bertz CT molecular complexity index is 169. The molecule has 0 bridgehead atoms. The summed E-state index contributed by atoms with van der Waals surface area (Å²) >= 11 is 0. The molecule has 2 atom stereocenters. The number of aliphatic hydroxyl groups is 1. The zero-order valence-corrected chi connectivity index (χ0v) is 7.86. The molecule has 13 heavy (non-hydrogen) atoms. The Hall–Kier alpha value is -0.610. The van der Waals surface area contributed by atoms with Crippen molar-refractivity contribution >= 4 is 5.97 Å². The van der Waals surface area contributed by atoms with Crippen molar-refractivity contribution in [3.63, 3.8) is 0 Å². The van der Waals surface area contributed by atoms with Gasteiger partial charge < -0.3 is 14.6 Å². The number of aliphatic hydroxyl groups excluding tert-OH is 1. The number of carbonyl (C=O) groups excluding carboxylic acids is 1. The molecule has 2 unspecified atom stereocenters. The van der Waals surface area contributed by atoms with E-state index in [1.807, 2.05) is 6.92 Å². The fourth-order valence-corrected chi connectivity index (χ4v) is 1.36. The maximum absolute atomic E-state index is 11.1. The van der Waals surface area contributed by atoms with E-state index in [4.69, 9.17) is 14.6 Å². The minimum absolute atomic E-state index is 0.0120. The molecular weight excluding hydrogens is 172 g/mol. The van der Waals surface area contributed by atoms with Crippen LogP contribution in [-0.2, 0) is 14.3 Å². The van der Waals surface area contributed by atoms with Gasteiger partial charge in [-0.25, -0.2) is 0 Å². The molecule has 0 amide bonds. The average molecular weight is 188 g/mol. The highest BCUT2D eigenvalue weighted by Gasteiger charge is 2.18. The van der Waals surface area contributed by atoms with Gasteiger partial charge in [0, 0.05) is 19.4 Å². The fourth-order valence-electron chi connectivity index (χ4n) is 1.36. The highest BCUT2D eigenvalue weighted by molar-refractivity contribution is 5.69. The predicted molar refractivity (Wildman–Crippen MR) is 46.2 cm³/mol. The van der Waals surface area contributed by atoms with Gasteiger partial charge in [0.2, 0.25) is 0 Å². The molecule has 1 N–H and O–H groups in total. The summed E-state index contributed by atoms with van der Waals surface area (Å²) < 4.78 is 10.4. The van der Waals surface area contributed by atoms with Crippen LogP contribution < -0.4 is 0 Å². The summed E-state index contributed by atoms with van der Waals surface area (Å²) in [5, 5.41) is 8.92. The summed E-state index contributed by atoms with van der Waals surface area (Å²) in [7, 11) is 0. The van der Waals surface area contributed by atoms with Crippen LogP contribution in [0.1, 0.15) is 26.2 Å². The van der Waals surface area contributed by atoms with Crippen molar-refractivity contribution in [3.05, 3.63) is 0 Å². The average Bonchev–Trinajstić information content (AvgIpc) is 2.16. The van der Waals surface area contributed by atoms with E-state index >= 15 is 0 Å². The summed E-state index contributed by atoms with van der Waals surface area (Å²) in [5.74, 6) is -0.172. The molecule has 1 fully saturated rings. The highest BCUT2D eigenvalue weighted by Crippen LogP contribution is 2.11. The predicted octanol–water partition coefficient (Wildman–Crippen LogP) is 0.479. The number of esters is 1. The van der Waals surface area contributed by atoms with Crippen LogP contribution >= 0.6 is 0 Å². The van der Waals surface area contributed by atoms with E-state index < -0.39 is 0 Å². The number of rotatable bonds is 1. The van der Waals surface area contributed by atoms with E-state index in [1.54, 1.807) is 0 Å². The van der Waals surface area contributed by atoms with E-state index in [0.29, 0.717) is 25.9 Å². The van der Waals surface area contributed by atoms with Gasteiger partial charge in [0.25, 0.3) is 0 Å². The first-order valence-electron chi connectivity index (χ1n) is 4.64. The Balaban J connectivity index is 2.45. The minimum Gasteiger partial charge on any atom is -0.463 e. The molecular formula is C9H16O4. The summed E-state index contributed by atoms with van der Waals surface area (Å²) in [6.07, 6.45) is 1.29. The van der Waals surface area contributed by atoms with Crippen molar-refractivity contribution in [1.29, 1.82) is 0 Å². The monoisotopic (exact) mass is 188 g/mol. The second-order valence-electron chi connectivity index (χ2n) is 3.32. The largest absolute Gasteiger partial charge is 0.463 e. The van der Waals surface area contributed by atoms with Gasteiger partial charge >= 0.3 is 5.97 Å². The molecule has 0 saturated carbocycles. The smallest absolute Gasteiger partial charge is 0.306 e. The van der Waals surface area contributed by atoms with Crippen LogP contribution in [0.25, 0.3) is 0 Å². The molecule has 0 radical (unpaired) electrons. The third-order valence-electron chi connectivity index (χ3n) is 2.01. The third-order valence-corrected chi connectivity index (χ3v) is 2.01. The lowest BCUT2D eigenvalue weighted by Gasteiger charge is -2.17. The van der Waals surface area contributed by atoms with E-state index in [9.17, 15) is 4.79 Å². The molecule has 1 aliphatic heterocycles. The lowest BCUT2D eigenvalue weighted by atomic mass is 10.2. The molecule has 1 rings (SSSR count). The summed E-state index contributed by atoms with van der Waals surface area (Å²) in [4.78, 5) is 11.1. The van der Waals surface area contributed by atoms with Crippen LogP contribution in [0.4, 0.5) is 0 Å². The second kappa shape index (κ2) is 5.19. The highest BCUT2D eigenvalue weighted by atomic mass is 16.5. The first-order valence-corrected chi connectivity index (χ1v) is 4.64. The molecule has 1 saturated heterocycles. The number of ether oxygens (including phenoxy) is 2. The second-order valence-corrected chi connectivity index (χ2v) is 3.32. The Morgan fingerprint density at radius 3 is 3.08 bits per heavy atom. The molecule has 0 aliphatic carbocycles. The van der Waals surface area contributed by atoms with E-state index in [-0.39, 0.29) is 24.8 Å². The van der Waals surface area contributed by atoms with Gasteiger partial charge in [0.15, 0.2) is 0 Å². The maximum atomic E-state index is 11.1. The van der Waals surface area contributed by atoms with Crippen LogP contribution in [-0.4, -0.2) is 36.5 Å². The van der Waals surface area contributed by atoms with Gasteiger partial charge in [-0.05, 0) is 13.3 Å². The first-order chi connectivity index (χ1) is 6.22. The summed E-state index contributed by atoms with van der Waals surface area (Å²) in [5.41, 5.74) is 0. The summed E-state index contributed by atoms with van der Waals surface area (Å²) in [6, 6.07) is 0. The van der Waals surface area contributed by atoms with Crippen molar-refractivity contribution in [3.8, 4) is 0 Å². The van der Waals surface area contributed by atoms with Crippen LogP contribution in [0.3, 0.4) is 0 Å². The lowest BCUT2D eigenvalue weighted by Crippen LogP contribution is -2.24. The molecule has 1 heterocycles. The molecule has 0 aromatic heterocycles. The Morgan fingerprint density at radius 1 is 1.62 bits per heavy atom. The molecule has 0 aromatic rings. The Kier molecular flexibility index (Phi) is 4.18. The Morgan fingerprint density at radius 2 is 2.38 bits per heavy atom. The van der Waals surface area contributed by atoms with Gasteiger partial charge in [-0.2, -0.15) is 0 Å². The standard InChI is InChI=1S/C9H16O4/c1-7-5-8(6-10)12-4-2-3-9(11)13-7/h7-8,10H,2-6H2,1H3. The number of carbonyl (C=O) groups is 1. The lowest BCUT2D eigenvalue weighted by molar-refractivity contribution is -0.148. The van der Waals surface area contributed by atoms with E-state index in [1.165, 1.54) is 0 Å². The van der Waals surface area contributed by atoms with Crippen LogP contribution in [0.5, 0.6) is 0 Å². The zero-order valence-electron chi connectivity index (χ0n) is 7.86. The van der Waals surface area contributed by atoms with E-state index in [2.05, 4.69) is 0 Å². The van der Waals surface area contributed by atoms with Crippen molar-refractivity contribution in [2.24, 2.45) is 0 Å². The van der Waals surface area contributed by atoms with Crippen molar-refractivity contribution in [1.82, 2.24) is 0 Å². The quantitative estimate of drug-likeness (QED) is 0.608. The molecule has 4 heteroatoms. The number of hydrogen-bond donors (Lipinski definition) is 1. The van der Waals surface area contributed by atoms with Crippen LogP contribution in [0, 0.1) is 0 Å². The van der Waals surface area contributed by atoms with Gasteiger partial charge in [-0.3, -0.25) is 4.79 Å². The van der Waals surface area contributed by atoms with Gasteiger partial charge in [-0.15, -0.1) is 0 Å². The normalized spacial score (nSPS) is 31.4.